The van der Waals surface area contributed by atoms with Gasteiger partial charge >= 0.3 is 0 Å². The van der Waals surface area contributed by atoms with Gasteiger partial charge in [0, 0.05) is 24.3 Å². The van der Waals surface area contributed by atoms with Gasteiger partial charge in [0.2, 0.25) is 0 Å². The molecule has 0 unspecified atom stereocenters. The van der Waals surface area contributed by atoms with Crippen LogP contribution in [0.25, 0.3) is 0 Å². The highest BCUT2D eigenvalue weighted by molar-refractivity contribution is 5.02. The molecule has 1 saturated heterocycles. The molecule has 1 aromatic heterocycles. The minimum atomic E-state index is 0.0636. The van der Waals surface area contributed by atoms with E-state index in [4.69, 9.17) is 0 Å². The Balaban J connectivity index is 2.23. The molecule has 15 heavy (non-hydrogen) atoms. The second-order valence-corrected chi connectivity index (χ2v) is 4.19. The maximum Gasteiger partial charge on any atom is 0.253 e. The quantitative estimate of drug-likeness (QED) is 0.773. The molecule has 1 aromatic rings. The predicted octanol–water partition coefficient (Wildman–Crippen LogP) is 0.612. The molecule has 1 atom stereocenters. The van der Waals surface area contributed by atoms with Crippen LogP contribution in [-0.2, 0) is 6.54 Å². The summed E-state index contributed by atoms with van der Waals surface area (Å²) >= 11 is 0. The van der Waals surface area contributed by atoms with Crippen molar-refractivity contribution in [3.05, 3.63) is 27.9 Å². The lowest BCUT2D eigenvalue weighted by molar-refractivity contribution is 0.485. The molecule has 0 spiro atoms. The summed E-state index contributed by atoms with van der Waals surface area (Å²) in [6.45, 7) is 5.56. The van der Waals surface area contributed by atoms with Crippen molar-refractivity contribution in [3.8, 4) is 0 Å². The molecule has 1 N–H and O–H groups in total. The molecule has 4 heteroatoms. The molecule has 0 radical (unpaired) electrons. The number of hydrogen-bond donors (Lipinski definition) is 1. The van der Waals surface area contributed by atoms with Gasteiger partial charge in [-0.2, -0.15) is 0 Å². The molecule has 0 amide bonds. The lowest BCUT2D eigenvalue weighted by Gasteiger charge is -2.14. The van der Waals surface area contributed by atoms with E-state index in [0.717, 1.165) is 31.0 Å². The number of aryl methyl sites for hydroxylation is 2. The summed E-state index contributed by atoms with van der Waals surface area (Å²) in [7, 11) is 0. The molecule has 1 aliphatic rings. The Bertz CT molecular complexity index is 405. The Morgan fingerprint density at radius 3 is 3.00 bits per heavy atom. The van der Waals surface area contributed by atoms with Gasteiger partial charge in [-0.15, -0.1) is 0 Å². The van der Waals surface area contributed by atoms with E-state index in [1.807, 2.05) is 13.8 Å². The summed E-state index contributed by atoms with van der Waals surface area (Å²) in [6.07, 6.45) is 2.36. The normalized spacial score (nSPS) is 20.8. The Morgan fingerprint density at radius 1 is 1.60 bits per heavy atom. The van der Waals surface area contributed by atoms with Crippen molar-refractivity contribution in [2.24, 2.45) is 0 Å². The van der Waals surface area contributed by atoms with Crippen LogP contribution in [0.15, 0.2) is 10.9 Å². The monoisotopic (exact) mass is 207 g/mol. The molecule has 1 aliphatic heterocycles. The highest BCUT2D eigenvalue weighted by Gasteiger charge is 2.16. The van der Waals surface area contributed by atoms with Crippen molar-refractivity contribution in [1.29, 1.82) is 0 Å². The average molecular weight is 207 g/mol. The summed E-state index contributed by atoms with van der Waals surface area (Å²) in [5.41, 5.74) is 0.863. The Kier molecular flexibility index (Phi) is 2.86. The minimum absolute atomic E-state index is 0.0636. The predicted molar refractivity (Wildman–Crippen MR) is 59.0 cm³/mol. The zero-order valence-corrected chi connectivity index (χ0v) is 9.29. The van der Waals surface area contributed by atoms with Gasteiger partial charge in [-0.1, -0.05) is 0 Å². The third kappa shape index (κ3) is 2.26. The molecule has 2 heterocycles. The molecule has 0 aliphatic carbocycles. The average Bonchev–Trinajstić information content (AvgIpc) is 2.63. The van der Waals surface area contributed by atoms with Gasteiger partial charge in [0.25, 0.3) is 5.56 Å². The third-order valence-electron chi connectivity index (χ3n) is 2.89. The van der Waals surface area contributed by atoms with Gasteiger partial charge in [-0.3, -0.25) is 9.36 Å². The first-order chi connectivity index (χ1) is 7.16. The second kappa shape index (κ2) is 4.14. The number of nitrogens with zero attached hydrogens (tertiary/aromatic N) is 2. The van der Waals surface area contributed by atoms with Crippen molar-refractivity contribution in [1.82, 2.24) is 14.9 Å². The van der Waals surface area contributed by atoms with E-state index in [-0.39, 0.29) is 5.56 Å². The fourth-order valence-corrected chi connectivity index (χ4v) is 2.12. The fraction of sp³-hybridized carbons (Fsp3) is 0.636. The third-order valence-corrected chi connectivity index (χ3v) is 2.89. The zero-order valence-electron chi connectivity index (χ0n) is 9.29. The highest BCUT2D eigenvalue weighted by atomic mass is 16.1. The fourth-order valence-electron chi connectivity index (χ4n) is 2.12. The number of hydrogen-bond acceptors (Lipinski definition) is 3. The van der Waals surface area contributed by atoms with Crippen LogP contribution in [0.3, 0.4) is 0 Å². The summed E-state index contributed by atoms with van der Waals surface area (Å²) in [5.74, 6) is 0.814. The van der Waals surface area contributed by atoms with Gasteiger partial charge in [-0.25, -0.2) is 4.98 Å². The van der Waals surface area contributed by atoms with Gasteiger partial charge in [0.05, 0.1) is 0 Å². The first-order valence-corrected chi connectivity index (χ1v) is 5.45. The molecule has 0 saturated carbocycles. The molecule has 1 fully saturated rings. The standard InChI is InChI=1S/C11H17N3O/c1-8-6-11(15)14(9(2)13-8)7-10-4-3-5-12-10/h6,10,12H,3-5,7H2,1-2H3/t10-/m1/s1. The van der Waals surface area contributed by atoms with Crippen molar-refractivity contribution in [3.63, 3.8) is 0 Å². The van der Waals surface area contributed by atoms with E-state index in [2.05, 4.69) is 10.3 Å². The molecule has 2 rings (SSSR count). The highest BCUT2D eigenvalue weighted by Crippen LogP contribution is 2.07. The van der Waals surface area contributed by atoms with E-state index in [0.29, 0.717) is 6.04 Å². The molecule has 4 nitrogen and oxygen atoms in total. The maximum absolute atomic E-state index is 11.7. The maximum atomic E-state index is 11.7. The van der Waals surface area contributed by atoms with Crippen molar-refractivity contribution in [2.75, 3.05) is 6.54 Å². The van der Waals surface area contributed by atoms with E-state index in [1.54, 1.807) is 10.6 Å². The van der Waals surface area contributed by atoms with Crippen molar-refractivity contribution in [2.45, 2.75) is 39.3 Å². The smallest absolute Gasteiger partial charge is 0.253 e. The Labute approximate surface area is 89.3 Å². The summed E-state index contributed by atoms with van der Waals surface area (Å²) in [6, 6.07) is 2.04. The molecular weight excluding hydrogens is 190 g/mol. The number of nitrogens with one attached hydrogen (secondary N) is 1. The topological polar surface area (TPSA) is 46.9 Å². The largest absolute Gasteiger partial charge is 0.312 e. The second-order valence-electron chi connectivity index (χ2n) is 4.19. The van der Waals surface area contributed by atoms with Gasteiger partial charge in [0.15, 0.2) is 0 Å². The van der Waals surface area contributed by atoms with E-state index in [9.17, 15) is 4.79 Å². The summed E-state index contributed by atoms with van der Waals surface area (Å²) in [5, 5.41) is 3.39. The Hall–Kier alpha value is -1.16. The summed E-state index contributed by atoms with van der Waals surface area (Å²) in [4.78, 5) is 16.1. The van der Waals surface area contributed by atoms with Crippen LogP contribution in [0.4, 0.5) is 0 Å². The molecular formula is C11H17N3O. The summed E-state index contributed by atoms with van der Waals surface area (Å²) < 4.78 is 1.76. The minimum Gasteiger partial charge on any atom is -0.312 e. The van der Waals surface area contributed by atoms with E-state index in [1.165, 1.54) is 6.42 Å². The van der Waals surface area contributed by atoms with Crippen LogP contribution in [0.2, 0.25) is 0 Å². The van der Waals surface area contributed by atoms with Gasteiger partial charge in [0.1, 0.15) is 5.82 Å². The first kappa shape index (κ1) is 10.4. The molecule has 0 aromatic carbocycles. The van der Waals surface area contributed by atoms with Crippen LogP contribution >= 0.6 is 0 Å². The van der Waals surface area contributed by atoms with Gasteiger partial charge in [-0.05, 0) is 33.2 Å². The van der Waals surface area contributed by atoms with Crippen LogP contribution in [0, 0.1) is 13.8 Å². The van der Waals surface area contributed by atoms with Crippen LogP contribution in [-0.4, -0.2) is 22.1 Å². The van der Waals surface area contributed by atoms with E-state index >= 15 is 0 Å². The lowest BCUT2D eigenvalue weighted by atomic mass is 10.2. The number of aromatic nitrogens is 2. The van der Waals surface area contributed by atoms with E-state index < -0.39 is 0 Å². The molecule has 0 bridgehead atoms. The first-order valence-electron chi connectivity index (χ1n) is 5.45. The van der Waals surface area contributed by atoms with Crippen LogP contribution in [0.1, 0.15) is 24.4 Å². The Morgan fingerprint density at radius 2 is 2.40 bits per heavy atom. The SMILES string of the molecule is Cc1cc(=O)n(C[C@H]2CCCN2)c(C)n1. The van der Waals surface area contributed by atoms with Crippen LogP contribution in [0.5, 0.6) is 0 Å². The number of rotatable bonds is 2. The van der Waals surface area contributed by atoms with Crippen molar-refractivity contribution >= 4 is 0 Å². The zero-order chi connectivity index (χ0) is 10.8. The lowest BCUT2D eigenvalue weighted by Crippen LogP contribution is -2.33. The van der Waals surface area contributed by atoms with Gasteiger partial charge < -0.3 is 5.32 Å². The van der Waals surface area contributed by atoms with Crippen molar-refractivity contribution < 1.29 is 0 Å². The molecule has 82 valence electrons. The van der Waals surface area contributed by atoms with Crippen LogP contribution < -0.4 is 10.9 Å².